The number of likely N-dealkylation sites (N-methyl/N-ethyl adjacent to an activating group) is 1. The topological polar surface area (TPSA) is 72.9 Å². The van der Waals surface area contributed by atoms with Crippen molar-refractivity contribution >= 4 is 5.91 Å². The second-order valence-electron chi connectivity index (χ2n) is 5.59. The number of hydrogen-bond donors (Lipinski definition) is 2. The molecule has 1 aliphatic carbocycles. The fourth-order valence-electron chi connectivity index (χ4n) is 2.70. The molecule has 0 bridgehead atoms. The minimum Gasteiger partial charge on any atom is -0.368 e. The largest absolute Gasteiger partial charge is 0.368 e. The minimum absolute atomic E-state index is 0.289. The SMILES string of the molecule is CNC(C)(CCCn1cnc2c1CCCC2)C(N)=O. The molecule has 3 N–H and O–H groups in total. The van der Waals surface area contributed by atoms with Crippen LogP contribution < -0.4 is 11.1 Å². The molecule has 0 saturated heterocycles. The fraction of sp³-hybridized carbons (Fsp3) is 0.714. The van der Waals surface area contributed by atoms with Crippen LogP contribution in [0.4, 0.5) is 0 Å². The molecular weight excluding hydrogens is 240 g/mol. The molecule has 106 valence electrons. The lowest BCUT2D eigenvalue weighted by Gasteiger charge is -2.25. The number of aromatic nitrogens is 2. The number of hydrogen-bond acceptors (Lipinski definition) is 3. The lowest BCUT2D eigenvalue weighted by atomic mass is 9.95. The van der Waals surface area contributed by atoms with Crippen LogP contribution in [0.1, 0.15) is 44.0 Å². The van der Waals surface area contributed by atoms with E-state index in [1.807, 2.05) is 13.3 Å². The summed E-state index contributed by atoms with van der Waals surface area (Å²) in [6.45, 7) is 2.77. The van der Waals surface area contributed by atoms with E-state index in [2.05, 4.69) is 14.9 Å². The molecule has 1 amide bonds. The molecular formula is C14H24N4O. The molecule has 1 aromatic rings. The summed E-state index contributed by atoms with van der Waals surface area (Å²) in [7, 11) is 1.78. The van der Waals surface area contributed by atoms with Crippen molar-refractivity contribution in [3.05, 3.63) is 17.7 Å². The average Bonchev–Trinajstić information content (AvgIpc) is 2.82. The van der Waals surface area contributed by atoms with Gasteiger partial charge in [0.15, 0.2) is 0 Å². The standard InChI is InChI=1S/C14H24N4O/c1-14(16-2,13(15)19)8-5-9-18-10-17-11-6-3-4-7-12(11)18/h10,16H,3-9H2,1-2H3,(H2,15,19). The van der Waals surface area contributed by atoms with Crippen LogP contribution in [0.5, 0.6) is 0 Å². The Morgan fingerprint density at radius 3 is 2.95 bits per heavy atom. The van der Waals surface area contributed by atoms with E-state index in [0.29, 0.717) is 0 Å². The van der Waals surface area contributed by atoms with Crippen LogP contribution in [0.25, 0.3) is 0 Å². The van der Waals surface area contributed by atoms with Gasteiger partial charge in [-0.1, -0.05) is 0 Å². The Hall–Kier alpha value is -1.36. The van der Waals surface area contributed by atoms with E-state index >= 15 is 0 Å². The Morgan fingerprint density at radius 1 is 1.53 bits per heavy atom. The molecule has 1 atom stereocenters. The second-order valence-corrected chi connectivity index (χ2v) is 5.59. The molecule has 1 aromatic heterocycles. The van der Waals surface area contributed by atoms with Crippen LogP contribution in [-0.2, 0) is 24.2 Å². The molecule has 0 radical (unpaired) electrons. The molecule has 0 aliphatic heterocycles. The second kappa shape index (κ2) is 5.74. The van der Waals surface area contributed by atoms with Crippen molar-refractivity contribution < 1.29 is 4.79 Å². The van der Waals surface area contributed by atoms with E-state index in [1.54, 1.807) is 7.05 Å². The lowest BCUT2D eigenvalue weighted by Crippen LogP contribution is -2.51. The molecule has 5 nitrogen and oxygen atoms in total. The first-order valence-corrected chi connectivity index (χ1v) is 7.08. The van der Waals surface area contributed by atoms with Crippen molar-refractivity contribution in [3.63, 3.8) is 0 Å². The van der Waals surface area contributed by atoms with E-state index in [-0.39, 0.29) is 5.91 Å². The molecule has 0 aromatic carbocycles. The third kappa shape index (κ3) is 2.97. The highest BCUT2D eigenvalue weighted by molar-refractivity contribution is 5.84. The summed E-state index contributed by atoms with van der Waals surface area (Å²) in [5.74, 6) is -0.289. The van der Waals surface area contributed by atoms with Crippen molar-refractivity contribution in [3.8, 4) is 0 Å². The van der Waals surface area contributed by atoms with Crippen LogP contribution in [-0.4, -0.2) is 28.0 Å². The van der Waals surface area contributed by atoms with Crippen LogP contribution >= 0.6 is 0 Å². The van der Waals surface area contributed by atoms with Crippen molar-refractivity contribution in [1.29, 1.82) is 0 Å². The Balaban J connectivity index is 1.93. The van der Waals surface area contributed by atoms with Gasteiger partial charge in [-0.15, -0.1) is 0 Å². The fourth-order valence-corrected chi connectivity index (χ4v) is 2.70. The molecule has 19 heavy (non-hydrogen) atoms. The molecule has 0 fully saturated rings. The normalized spacial score (nSPS) is 17.8. The van der Waals surface area contributed by atoms with E-state index in [9.17, 15) is 4.79 Å². The van der Waals surface area contributed by atoms with Crippen molar-refractivity contribution in [2.24, 2.45) is 5.73 Å². The Bertz CT molecular complexity index is 454. The minimum atomic E-state index is -0.610. The van der Waals surface area contributed by atoms with Gasteiger partial charge in [0.2, 0.25) is 5.91 Å². The summed E-state index contributed by atoms with van der Waals surface area (Å²) in [5.41, 5.74) is 7.47. The van der Waals surface area contributed by atoms with Crippen LogP contribution in [0.15, 0.2) is 6.33 Å². The highest BCUT2D eigenvalue weighted by atomic mass is 16.1. The van der Waals surface area contributed by atoms with E-state index in [1.165, 1.54) is 24.2 Å². The molecule has 1 unspecified atom stereocenters. The van der Waals surface area contributed by atoms with Gasteiger partial charge >= 0.3 is 0 Å². The average molecular weight is 264 g/mol. The van der Waals surface area contributed by atoms with Gasteiger partial charge in [-0.3, -0.25) is 4.79 Å². The molecule has 0 saturated carbocycles. The number of aryl methyl sites for hydroxylation is 2. The molecule has 2 rings (SSSR count). The summed E-state index contributed by atoms with van der Waals surface area (Å²) in [6.07, 6.45) is 8.36. The zero-order valence-corrected chi connectivity index (χ0v) is 11.9. The zero-order valence-electron chi connectivity index (χ0n) is 11.9. The van der Waals surface area contributed by atoms with E-state index in [0.717, 1.165) is 32.2 Å². The Morgan fingerprint density at radius 2 is 2.26 bits per heavy atom. The Kier molecular flexibility index (Phi) is 4.24. The van der Waals surface area contributed by atoms with Crippen LogP contribution in [0.2, 0.25) is 0 Å². The smallest absolute Gasteiger partial charge is 0.237 e. The van der Waals surface area contributed by atoms with Gasteiger partial charge in [-0.25, -0.2) is 4.98 Å². The van der Waals surface area contributed by atoms with Crippen molar-refractivity contribution in [2.45, 2.75) is 57.5 Å². The van der Waals surface area contributed by atoms with Gasteiger partial charge in [0.05, 0.1) is 17.6 Å². The predicted molar refractivity (Wildman–Crippen MR) is 74.8 cm³/mol. The predicted octanol–water partition coefficient (Wildman–Crippen LogP) is 1.01. The van der Waals surface area contributed by atoms with Gasteiger partial charge in [-0.05, 0) is 52.5 Å². The highest BCUT2D eigenvalue weighted by Crippen LogP contribution is 2.21. The quantitative estimate of drug-likeness (QED) is 0.805. The number of fused-ring (bicyclic) bond motifs is 1. The zero-order chi connectivity index (χ0) is 13.9. The maximum absolute atomic E-state index is 11.4. The summed E-state index contributed by atoms with van der Waals surface area (Å²) in [5, 5.41) is 3.02. The van der Waals surface area contributed by atoms with Crippen LogP contribution in [0.3, 0.4) is 0 Å². The number of nitrogens with two attached hydrogens (primary N) is 1. The first-order chi connectivity index (χ1) is 9.07. The number of carbonyl (C=O) groups is 1. The highest BCUT2D eigenvalue weighted by Gasteiger charge is 2.28. The van der Waals surface area contributed by atoms with E-state index < -0.39 is 5.54 Å². The molecule has 1 heterocycles. The first-order valence-electron chi connectivity index (χ1n) is 7.08. The summed E-state index contributed by atoms with van der Waals surface area (Å²) in [4.78, 5) is 15.9. The third-order valence-corrected chi connectivity index (χ3v) is 4.28. The Labute approximate surface area is 114 Å². The first kappa shape index (κ1) is 14.1. The van der Waals surface area contributed by atoms with Gasteiger partial charge in [0.25, 0.3) is 0 Å². The summed E-state index contributed by atoms with van der Waals surface area (Å²) < 4.78 is 2.24. The monoisotopic (exact) mass is 264 g/mol. The number of carbonyl (C=O) groups excluding carboxylic acids is 1. The lowest BCUT2D eigenvalue weighted by molar-refractivity contribution is -0.123. The number of primary amides is 1. The molecule has 5 heteroatoms. The van der Waals surface area contributed by atoms with Gasteiger partial charge < -0.3 is 15.6 Å². The molecule has 0 spiro atoms. The van der Waals surface area contributed by atoms with Gasteiger partial charge in [0.1, 0.15) is 0 Å². The van der Waals surface area contributed by atoms with Gasteiger partial charge in [0, 0.05) is 12.2 Å². The van der Waals surface area contributed by atoms with Crippen molar-refractivity contribution in [1.82, 2.24) is 14.9 Å². The van der Waals surface area contributed by atoms with E-state index in [4.69, 9.17) is 5.73 Å². The number of amides is 1. The number of rotatable bonds is 6. The maximum Gasteiger partial charge on any atom is 0.237 e. The number of nitrogens with one attached hydrogen (secondary N) is 1. The summed E-state index contributed by atoms with van der Waals surface area (Å²) in [6, 6.07) is 0. The molecule has 1 aliphatic rings. The van der Waals surface area contributed by atoms with Crippen LogP contribution in [0, 0.1) is 0 Å². The number of nitrogens with zero attached hydrogens (tertiary/aromatic N) is 2. The maximum atomic E-state index is 11.4. The summed E-state index contributed by atoms with van der Waals surface area (Å²) >= 11 is 0. The van der Waals surface area contributed by atoms with Gasteiger partial charge in [-0.2, -0.15) is 0 Å². The van der Waals surface area contributed by atoms with Crippen molar-refractivity contribution in [2.75, 3.05) is 7.05 Å². The third-order valence-electron chi connectivity index (χ3n) is 4.28. The number of imidazole rings is 1.